The van der Waals surface area contributed by atoms with E-state index in [2.05, 4.69) is 10.6 Å². The van der Waals surface area contributed by atoms with Gasteiger partial charge in [-0.05, 0) is 25.5 Å². The molecule has 0 aliphatic carbocycles. The molecule has 0 fully saturated rings. The summed E-state index contributed by atoms with van der Waals surface area (Å²) < 4.78 is 0. The van der Waals surface area contributed by atoms with E-state index in [1.807, 2.05) is 38.1 Å². The number of primary amides is 1. The molecule has 4 N–H and O–H groups in total. The summed E-state index contributed by atoms with van der Waals surface area (Å²) in [5.41, 5.74) is 7.21. The molecule has 0 aliphatic rings. The lowest BCUT2D eigenvalue weighted by atomic mass is 10.1. The molecule has 104 valence electrons. The van der Waals surface area contributed by atoms with Gasteiger partial charge >= 0.3 is 0 Å². The number of hydrogen-bond acceptors (Lipinski definition) is 3. The van der Waals surface area contributed by atoms with Crippen molar-refractivity contribution in [2.45, 2.75) is 32.7 Å². The first-order valence-corrected chi connectivity index (χ1v) is 6.42. The number of carbonyl (C=O) groups excluding carboxylic acids is 2. The molecule has 1 atom stereocenters. The number of benzene rings is 1. The Morgan fingerprint density at radius 2 is 1.89 bits per heavy atom. The van der Waals surface area contributed by atoms with Crippen molar-refractivity contribution in [3.8, 4) is 0 Å². The zero-order valence-electron chi connectivity index (χ0n) is 11.4. The second-order valence-corrected chi connectivity index (χ2v) is 4.52. The maximum Gasteiger partial charge on any atom is 0.240 e. The van der Waals surface area contributed by atoms with Gasteiger partial charge in [-0.3, -0.25) is 9.59 Å². The minimum absolute atomic E-state index is 0.0449. The van der Waals surface area contributed by atoms with E-state index in [4.69, 9.17) is 5.73 Å². The zero-order valence-corrected chi connectivity index (χ0v) is 11.4. The standard InChI is InChI=1S/C14H21N3O2/c1-3-8-16-13(18)9-12(14(15)19)17-11-6-4-10(2)5-7-11/h4-7,12,17H,3,8-9H2,1-2H3,(H2,15,19)(H,16,18). The Bertz CT molecular complexity index is 429. The highest BCUT2D eigenvalue weighted by atomic mass is 16.2. The van der Waals surface area contributed by atoms with E-state index in [0.717, 1.165) is 17.7 Å². The van der Waals surface area contributed by atoms with Gasteiger partial charge in [-0.2, -0.15) is 0 Å². The predicted octanol–water partition coefficient (Wildman–Crippen LogP) is 1.18. The first kappa shape index (κ1) is 15.0. The van der Waals surface area contributed by atoms with Crippen LogP contribution in [0, 0.1) is 6.92 Å². The summed E-state index contributed by atoms with van der Waals surface area (Å²) in [7, 11) is 0. The lowest BCUT2D eigenvalue weighted by molar-refractivity contribution is -0.125. The quantitative estimate of drug-likeness (QED) is 0.690. The lowest BCUT2D eigenvalue weighted by Crippen LogP contribution is -2.40. The second kappa shape index (κ2) is 7.41. The molecule has 1 aromatic rings. The van der Waals surface area contributed by atoms with Crippen LogP contribution in [0.3, 0.4) is 0 Å². The van der Waals surface area contributed by atoms with Gasteiger partial charge < -0.3 is 16.4 Å². The average molecular weight is 263 g/mol. The molecule has 1 rings (SSSR count). The molecule has 1 unspecified atom stereocenters. The average Bonchev–Trinajstić information content (AvgIpc) is 2.38. The van der Waals surface area contributed by atoms with Gasteiger partial charge in [-0.15, -0.1) is 0 Å². The number of amides is 2. The van der Waals surface area contributed by atoms with Crippen molar-refractivity contribution < 1.29 is 9.59 Å². The maximum absolute atomic E-state index is 11.6. The van der Waals surface area contributed by atoms with E-state index >= 15 is 0 Å². The molecule has 1 aromatic carbocycles. The minimum Gasteiger partial charge on any atom is -0.373 e. The summed E-state index contributed by atoms with van der Waals surface area (Å²) in [4.78, 5) is 23.0. The third-order valence-corrected chi connectivity index (χ3v) is 2.70. The van der Waals surface area contributed by atoms with E-state index in [0.29, 0.717) is 6.54 Å². The van der Waals surface area contributed by atoms with Crippen molar-refractivity contribution in [1.29, 1.82) is 0 Å². The number of anilines is 1. The molecule has 0 spiro atoms. The summed E-state index contributed by atoms with van der Waals surface area (Å²) in [6, 6.07) is 6.87. The number of hydrogen-bond donors (Lipinski definition) is 3. The highest BCUT2D eigenvalue weighted by Crippen LogP contribution is 2.11. The van der Waals surface area contributed by atoms with Crippen LogP contribution in [0.5, 0.6) is 0 Å². The Morgan fingerprint density at radius 1 is 1.26 bits per heavy atom. The maximum atomic E-state index is 11.6. The SMILES string of the molecule is CCCNC(=O)CC(Nc1ccc(C)cc1)C(N)=O. The molecule has 5 nitrogen and oxygen atoms in total. The Labute approximate surface area is 113 Å². The number of carbonyl (C=O) groups is 2. The van der Waals surface area contributed by atoms with Crippen LogP contribution in [0.25, 0.3) is 0 Å². The molecule has 5 heteroatoms. The van der Waals surface area contributed by atoms with Gasteiger partial charge in [-0.25, -0.2) is 0 Å². The largest absolute Gasteiger partial charge is 0.373 e. The molecule has 0 saturated heterocycles. The Morgan fingerprint density at radius 3 is 2.42 bits per heavy atom. The number of rotatable bonds is 7. The fourth-order valence-corrected chi connectivity index (χ4v) is 1.60. The van der Waals surface area contributed by atoms with Gasteiger partial charge in [0.25, 0.3) is 0 Å². The lowest BCUT2D eigenvalue weighted by Gasteiger charge is -2.16. The fraction of sp³-hybridized carbons (Fsp3) is 0.429. The molecule has 0 saturated carbocycles. The van der Waals surface area contributed by atoms with Gasteiger partial charge in [0.05, 0.1) is 6.42 Å². The first-order chi connectivity index (χ1) is 9.02. The Kier molecular flexibility index (Phi) is 5.85. The summed E-state index contributed by atoms with van der Waals surface area (Å²) in [5, 5.41) is 5.70. The fourth-order valence-electron chi connectivity index (χ4n) is 1.60. The molecule has 0 heterocycles. The van der Waals surface area contributed by atoms with Crippen LogP contribution >= 0.6 is 0 Å². The van der Waals surface area contributed by atoms with Crippen molar-refractivity contribution in [1.82, 2.24) is 5.32 Å². The molecule has 0 radical (unpaired) electrons. The Balaban J connectivity index is 2.60. The molecule has 19 heavy (non-hydrogen) atoms. The highest BCUT2D eigenvalue weighted by Gasteiger charge is 2.18. The van der Waals surface area contributed by atoms with Crippen molar-refractivity contribution in [2.24, 2.45) is 5.73 Å². The Hall–Kier alpha value is -2.04. The third kappa shape index (κ3) is 5.42. The van der Waals surface area contributed by atoms with E-state index in [1.54, 1.807) is 0 Å². The smallest absolute Gasteiger partial charge is 0.240 e. The van der Waals surface area contributed by atoms with Crippen LogP contribution in [-0.2, 0) is 9.59 Å². The summed E-state index contributed by atoms with van der Waals surface area (Å²) in [6.45, 7) is 4.55. The van der Waals surface area contributed by atoms with E-state index < -0.39 is 11.9 Å². The van der Waals surface area contributed by atoms with Crippen molar-refractivity contribution in [3.63, 3.8) is 0 Å². The van der Waals surface area contributed by atoms with Crippen LogP contribution in [-0.4, -0.2) is 24.4 Å². The summed E-state index contributed by atoms with van der Waals surface area (Å²) in [5.74, 6) is -0.711. The van der Waals surface area contributed by atoms with Crippen LogP contribution in [0.4, 0.5) is 5.69 Å². The topological polar surface area (TPSA) is 84.2 Å². The molecule has 0 aromatic heterocycles. The number of aryl methyl sites for hydroxylation is 1. The van der Waals surface area contributed by atoms with Gasteiger partial charge in [0.1, 0.15) is 6.04 Å². The van der Waals surface area contributed by atoms with Gasteiger partial charge in [0, 0.05) is 12.2 Å². The van der Waals surface area contributed by atoms with Crippen LogP contribution in [0.2, 0.25) is 0 Å². The van der Waals surface area contributed by atoms with E-state index in [9.17, 15) is 9.59 Å². The normalized spacial score (nSPS) is 11.7. The van der Waals surface area contributed by atoms with Crippen molar-refractivity contribution in [3.05, 3.63) is 29.8 Å². The van der Waals surface area contributed by atoms with Crippen molar-refractivity contribution in [2.75, 3.05) is 11.9 Å². The summed E-state index contributed by atoms with van der Waals surface area (Å²) in [6.07, 6.45) is 0.904. The van der Waals surface area contributed by atoms with Gasteiger partial charge in [-0.1, -0.05) is 24.6 Å². The third-order valence-electron chi connectivity index (χ3n) is 2.70. The zero-order chi connectivity index (χ0) is 14.3. The van der Waals surface area contributed by atoms with Crippen LogP contribution in [0.15, 0.2) is 24.3 Å². The molecule has 2 amide bonds. The van der Waals surface area contributed by atoms with Crippen molar-refractivity contribution >= 4 is 17.5 Å². The summed E-state index contributed by atoms with van der Waals surface area (Å²) >= 11 is 0. The van der Waals surface area contributed by atoms with Gasteiger partial charge in [0.2, 0.25) is 11.8 Å². The molecular weight excluding hydrogens is 242 g/mol. The number of nitrogens with two attached hydrogens (primary N) is 1. The van der Waals surface area contributed by atoms with E-state index in [-0.39, 0.29) is 12.3 Å². The molecular formula is C14H21N3O2. The second-order valence-electron chi connectivity index (χ2n) is 4.52. The molecule has 0 aliphatic heterocycles. The first-order valence-electron chi connectivity index (χ1n) is 6.42. The van der Waals surface area contributed by atoms with Crippen LogP contribution < -0.4 is 16.4 Å². The monoisotopic (exact) mass is 263 g/mol. The highest BCUT2D eigenvalue weighted by molar-refractivity contribution is 5.89. The number of nitrogens with one attached hydrogen (secondary N) is 2. The van der Waals surface area contributed by atoms with Crippen LogP contribution in [0.1, 0.15) is 25.3 Å². The molecule has 0 bridgehead atoms. The minimum atomic E-state index is -0.695. The van der Waals surface area contributed by atoms with E-state index in [1.165, 1.54) is 0 Å². The predicted molar refractivity (Wildman–Crippen MR) is 75.7 cm³/mol. The van der Waals surface area contributed by atoms with Gasteiger partial charge in [0.15, 0.2) is 0 Å².